The van der Waals surface area contributed by atoms with Crippen LogP contribution in [0, 0.1) is 0 Å². The molecule has 0 unspecified atom stereocenters. The number of aryl methyl sites for hydroxylation is 1. The highest BCUT2D eigenvalue weighted by Gasteiger charge is 2.27. The second kappa shape index (κ2) is 13.2. The normalized spacial score (nSPS) is 13.5. The van der Waals surface area contributed by atoms with Crippen molar-refractivity contribution in [3.05, 3.63) is 222 Å². The predicted molar refractivity (Wildman–Crippen MR) is 270 cm³/mol. The van der Waals surface area contributed by atoms with E-state index >= 15 is 0 Å². The Morgan fingerprint density at radius 3 is 1.83 bits per heavy atom. The first-order valence-electron chi connectivity index (χ1n) is 23.0. The molecule has 3 aliphatic rings. The molecule has 9 aromatic carbocycles. The summed E-state index contributed by atoms with van der Waals surface area (Å²) in [7, 11) is 0. The van der Waals surface area contributed by atoms with Crippen LogP contribution in [0.25, 0.3) is 117 Å². The largest absolute Gasteiger partial charge is 0.456 e. The first-order chi connectivity index (χ1) is 32.2. The number of hydrogen-bond acceptors (Lipinski definition) is 1. The van der Waals surface area contributed by atoms with Crippen molar-refractivity contribution < 1.29 is 4.42 Å². The summed E-state index contributed by atoms with van der Waals surface area (Å²) in [4.78, 5) is 0. The number of fused-ring (bicyclic) bond motifs is 15. The molecule has 3 heterocycles. The van der Waals surface area contributed by atoms with Crippen LogP contribution < -0.4 is 0 Å². The summed E-state index contributed by atoms with van der Waals surface area (Å²) in [5.41, 5.74) is 25.5. The Hall–Kier alpha value is -8.14. The van der Waals surface area contributed by atoms with Gasteiger partial charge in [-0.1, -0.05) is 133 Å². The van der Waals surface area contributed by atoms with Crippen LogP contribution in [-0.2, 0) is 19.3 Å². The van der Waals surface area contributed by atoms with Crippen LogP contribution in [0.15, 0.2) is 192 Å². The van der Waals surface area contributed by atoms with E-state index in [-0.39, 0.29) is 0 Å². The third-order valence-electron chi connectivity index (χ3n) is 14.9. The summed E-state index contributed by atoms with van der Waals surface area (Å²) in [6, 6.07) is 68.2. The topological polar surface area (TPSA) is 23.0 Å². The minimum atomic E-state index is 0.887. The average molecular weight is 829 g/mol. The zero-order valence-electron chi connectivity index (χ0n) is 35.6. The summed E-state index contributed by atoms with van der Waals surface area (Å²) in [5, 5.41) is 6.29. The summed E-state index contributed by atoms with van der Waals surface area (Å²) < 4.78 is 11.5. The summed E-state index contributed by atoms with van der Waals surface area (Å²) in [6.45, 7) is 0. The lowest BCUT2D eigenvalue weighted by Crippen LogP contribution is -1.99. The smallest absolute Gasteiger partial charge is 0.142 e. The molecule has 304 valence electrons. The molecule has 0 atom stereocenters. The molecule has 3 heteroatoms. The lowest BCUT2D eigenvalue weighted by atomic mass is 9.94. The number of benzene rings is 9. The zero-order valence-corrected chi connectivity index (χ0v) is 35.6. The SMILES string of the molecule is C1=Cc2oc3c(-c4ccc5c(c4)c4ccccc4n5-c4ccc5c(c4)-c4cccc(-n6c7ccccc7c7cc(-c8cccc9c8Cc8ccccc8-9)ccc76)c4C5)cccc3c2CC1. The molecule has 0 saturated carbocycles. The van der Waals surface area contributed by atoms with Gasteiger partial charge in [0.25, 0.3) is 0 Å². The number of rotatable bonds is 4. The molecular weight excluding hydrogens is 789 g/mol. The summed E-state index contributed by atoms with van der Waals surface area (Å²) in [6.07, 6.45) is 8.30. The summed E-state index contributed by atoms with van der Waals surface area (Å²) in [5.74, 6) is 1.00. The second-order valence-electron chi connectivity index (χ2n) is 18.2. The number of nitrogens with zero attached hydrogens (tertiary/aromatic N) is 2. The molecule has 0 saturated heterocycles. The fourth-order valence-electron chi connectivity index (χ4n) is 12.0. The van der Waals surface area contributed by atoms with Gasteiger partial charge in [-0.05, 0) is 141 Å². The van der Waals surface area contributed by atoms with E-state index < -0.39 is 0 Å². The van der Waals surface area contributed by atoms with Crippen LogP contribution in [0.4, 0.5) is 0 Å². The van der Waals surface area contributed by atoms with Gasteiger partial charge in [0, 0.05) is 50.2 Å². The molecule has 3 aliphatic carbocycles. The monoisotopic (exact) mass is 828 g/mol. The molecular formula is C62H40N2O. The molecule has 0 fully saturated rings. The molecule has 0 amide bonds. The molecule has 0 aliphatic heterocycles. The van der Waals surface area contributed by atoms with Crippen molar-refractivity contribution in [1.82, 2.24) is 9.13 Å². The third kappa shape index (κ3) is 4.95. The predicted octanol–water partition coefficient (Wildman–Crippen LogP) is 16.1. The van der Waals surface area contributed by atoms with Crippen LogP contribution in [0.1, 0.15) is 40.0 Å². The van der Waals surface area contributed by atoms with Crippen LogP contribution in [0.3, 0.4) is 0 Å². The van der Waals surface area contributed by atoms with Crippen LogP contribution in [-0.4, -0.2) is 9.13 Å². The first-order valence-corrected chi connectivity index (χ1v) is 23.0. The van der Waals surface area contributed by atoms with Gasteiger partial charge in [-0.2, -0.15) is 0 Å². The van der Waals surface area contributed by atoms with E-state index in [4.69, 9.17) is 4.42 Å². The maximum Gasteiger partial charge on any atom is 0.142 e. The maximum absolute atomic E-state index is 6.55. The summed E-state index contributed by atoms with van der Waals surface area (Å²) >= 11 is 0. The molecule has 0 N–H and O–H groups in total. The van der Waals surface area contributed by atoms with Gasteiger partial charge in [0.15, 0.2) is 0 Å². The van der Waals surface area contributed by atoms with Gasteiger partial charge >= 0.3 is 0 Å². The fraction of sp³-hybridized carbons (Fsp3) is 0.0645. The molecule has 12 aromatic rings. The molecule has 0 spiro atoms. The van der Waals surface area contributed by atoms with E-state index in [0.717, 1.165) is 42.6 Å². The number of allylic oxidation sites excluding steroid dienone is 1. The van der Waals surface area contributed by atoms with E-state index in [1.165, 1.54) is 127 Å². The van der Waals surface area contributed by atoms with Gasteiger partial charge in [0.1, 0.15) is 11.3 Å². The number of hydrogen-bond donors (Lipinski definition) is 0. The highest BCUT2D eigenvalue weighted by Crippen LogP contribution is 2.47. The maximum atomic E-state index is 6.55. The highest BCUT2D eigenvalue weighted by molar-refractivity contribution is 6.13. The minimum absolute atomic E-state index is 0.887. The Morgan fingerprint density at radius 1 is 0.385 bits per heavy atom. The zero-order chi connectivity index (χ0) is 42.3. The third-order valence-corrected chi connectivity index (χ3v) is 14.9. The Kier molecular flexibility index (Phi) is 7.18. The van der Waals surface area contributed by atoms with E-state index in [9.17, 15) is 0 Å². The van der Waals surface area contributed by atoms with Gasteiger partial charge < -0.3 is 13.6 Å². The van der Waals surface area contributed by atoms with Crippen molar-refractivity contribution in [1.29, 1.82) is 0 Å². The second-order valence-corrected chi connectivity index (χ2v) is 18.2. The lowest BCUT2D eigenvalue weighted by Gasteiger charge is -2.14. The molecule has 3 nitrogen and oxygen atoms in total. The lowest BCUT2D eigenvalue weighted by molar-refractivity contribution is 0.596. The average Bonchev–Trinajstić information content (AvgIpc) is 4.18. The van der Waals surface area contributed by atoms with Gasteiger partial charge in [0.2, 0.25) is 0 Å². The van der Waals surface area contributed by atoms with Gasteiger partial charge in [-0.25, -0.2) is 0 Å². The van der Waals surface area contributed by atoms with Gasteiger partial charge in [-0.15, -0.1) is 0 Å². The van der Waals surface area contributed by atoms with Crippen LogP contribution in [0.2, 0.25) is 0 Å². The van der Waals surface area contributed by atoms with Gasteiger partial charge in [0.05, 0.1) is 27.8 Å². The molecule has 0 bridgehead atoms. The fourth-order valence-corrected chi connectivity index (χ4v) is 12.0. The van der Waals surface area contributed by atoms with Gasteiger partial charge in [-0.3, -0.25) is 0 Å². The van der Waals surface area contributed by atoms with Crippen molar-refractivity contribution in [2.75, 3.05) is 0 Å². The standard InChI is InChI=1S/C62H40N2O/c1-2-13-42-37(12-1)32-52-43(17-9-19-45(42)52)38-27-31-60-55(33-38)48-15-4-7-23-57(48)64(60)58-24-11-20-46-51-36-41(29-26-40(51)35-53(46)58)63-56-22-6-3-14-47(56)54-34-39(28-30-59(54)63)44-18-10-21-50-49-16-5-8-25-61(49)65-62(44)50/h1-4,6-15,17-31,33-34,36H,5,16,32,35H2. The molecule has 3 aromatic heterocycles. The van der Waals surface area contributed by atoms with Crippen molar-refractivity contribution >= 4 is 60.7 Å². The van der Waals surface area contributed by atoms with Crippen LogP contribution >= 0.6 is 0 Å². The van der Waals surface area contributed by atoms with E-state index in [2.05, 4.69) is 203 Å². The van der Waals surface area contributed by atoms with Crippen molar-refractivity contribution in [2.24, 2.45) is 0 Å². The first kappa shape index (κ1) is 35.3. The Bertz CT molecular complexity index is 4070. The van der Waals surface area contributed by atoms with Crippen LogP contribution in [0.5, 0.6) is 0 Å². The number of furan rings is 1. The van der Waals surface area contributed by atoms with Crippen molar-refractivity contribution in [3.8, 4) is 55.9 Å². The highest BCUT2D eigenvalue weighted by atomic mass is 16.3. The number of para-hydroxylation sites is 3. The minimum Gasteiger partial charge on any atom is -0.456 e. The van der Waals surface area contributed by atoms with E-state index in [0.29, 0.717) is 0 Å². The molecule has 65 heavy (non-hydrogen) atoms. The number of aromatic nitrogens is 2. The van der Waals surface area contributed by atoms with Crippen molar-refractivity contribution in [2.45, 2.75) is 25.7 Å². The Morgan fingerprint density at radius 2 is 0.985 bits per heavy atom. The van der Waals surface area contributed by atoms with E-state index in [1.807, 2.05) is 0 Å². The molecule has 15 rings (SSSR count). The Balaban J connectivity index is 0.850. The van der Waals surface area contributed by atoms with Crippen molar-refractivity contribution in [3.63, 3.8) is 0 Å². The Labute approximate surface area is 375 Å². The quantitative estimate of drug-likeness (QED) is 0.173. The molecule has 0 radical (unpaired) electrons. The van der Waals surface area contributed by atoms with E-state index in [1.54, 1.807) is 0 Å².